The summed E-state index contributed by atoms with van der Waals surface area (Å²) in [7, 11) is 0. The summed E-state index contributed by atoms with van der Waals surface area (Å²) in [5.41, 5.74) is 0.105. The lowest BCUT2D eigenvalue weighted by atomic mass is 10.2. The maximum atomic E-state index is 12.9. The van der Waals surface area contributed by atoms with Gasteiger partial charge in [-0.15, -0.1) is 5.10 Å². The summed E-state index contributed by atoms with van der Waals surface area (Å²) in [5, 5.41) is 4.34. The number of pyridine rings is 1. The van der Waals surface area contributed by atoms with Crippen molar-refractivity contribution < 1.29 is 17.9 Å². The zero-order chi connectivity index (χ0) is 21.2. The van der Waals surface area contributed by atoms with Gasteiger partial charge in [-0.05, 0) is 44.2 Å². The number of ether oxygens (including phenoxy) is 1. The molecule has 2 heterocycles. The molecule has 154 valence electrons. The van der Waals surface area contributed by atoms with E-state index in [1.54, 1.807) is 30.3 Å². The lowest BCUT2D eigenvalue weighted by molar-refractivity contribution is -0.137. The first-order valence-electron chi connectivity index (χ1n) is 8.79. The lowest BCUT2D eigenvalue weighted by Gasteiger charge is -2.11. The molecular weight excluding hydrogens is 409 g/mol. The van der Waals surface area contributed by atoms with Gasteiger partial charge in [0.05, 0.1) is 29.8 Å². The highest BCUT2D eigenvalue weighted by molar-refractivity contribution is 6.33. The van der Waals surface area contributed by atoms with Gasteiger partial charge in [0.1, 0.15) is 5.75 Å². The third kappa shape index (κ3) is 4.97. The first-order valence-corrected chi connectivity index (χ1v) is 9.17. The highest BCUT2D eigenvalue weighted by Gasteiger charge is 2.28. The Kier molecular flexibility index (Phi) is 5.97. The van der Waals surface area contributed by atoms with Crippen molar-refractivity contribution in [2.75, 3.05) is 0 Å². The summed E-state index contributed by atoms with van der Waals surface area (Å²) in [6, 6.07) is 8.16. The van der Waals surface area contributed by atoms with Gasteiger partial charge < -0.3 is 4.74 Å². The van der Waals surface area contributed by atoms with E-state index in [1.165, 1.54) is 17.0 Å². The normalized spacial score (nSPS) is 11.8. The highest BCUT2D eigenvalue weighted by atomic mass is 35.5. The van der Waals surface area contributed by atoms with Crippen molar-refractivity contribution in [3.05, 3.63) is 58.2 Å². The van der Waals surface area contributed by atoms with Crippen LogP contribution in [0.3, 0.4) is 0 Å². The highest BCUT2D eigenvalue weighted by Crippen LogP contribution is 2.27. The first-order chi connectivity index (χ1) is 13.7. The average Bonchev–Trinajstić information content (AvgIpc) is 2.96. The van der Waals surface area contributed by atoms with E-state index in [0.29, 0.717) is 17.0 Å². The van der Waals surface area contributed by atoms with Crippen molar-refractivity contribution >= 4 is 11.6 Å². The molecule has 1 aromatic carbocycles. The Balaban J connectivity index is 2.10. The standard InChI is InChI=1S/C19H18ClF3N4O2/c1-12(2)29-14-5-3-13(4-6-14)27-17(15-7-9-24-11-16(15)20)25-26(18(27)28)10-8-19(21,22)23/h3-7,9,11-12H,8,10H2,1-2H3. The topological polar surface area (TPSA) is 61.9 Å². The van der Waals surface area contributed by atoms with E-state index in [0.717, 1.165) is 4.68 Å². The quantitative estimate of drug-likeness (QED) is 0.582. The van der Waals surface area contributed by atoms with Gasteiger partial charge in [-0.25, -0.2) is 14.0 Å². The Morgan fingerprint density at radius 2 is 1.86 bits per heavy atom. The molecule has 29 heavy (non-hydrogen) atoms. The van der Waals surface area contributed by atoms with Gasteiger partial charge in [0.15, 0.2) is 5.82 Å². The maximum absolute atomic E-state index is 12.9. The smallest absolute Gasteiger partial charge is 0.390 e. The summed E-state index contributed by atoms with van der Waals surface area (Å²) in [6.45, 7) is 3.17. The molecule has 10 heteroatoms. The van der Waals surface area contributed by atoms with Crippen molar-refractivity contribution in [1.82, 2.24) is 19.3 Å². The van der Waals surface area contributed by atoms with E-state index < -0.39 is 24.8 Å². The first kappa shape index (κ1) is 20.9. The largest absolute Gasteiger partial charge is 0.491 e. The summed E-state index contributed by atoms with van der Waals surface area (Å²) >= 11 is 6.18. The second kappa shape index (κ2) is 8.28. The van der Waals surface area contributed by atoms with Gasteiger partial charge in [-0.2, -0.15) is 13.2 Å². The zero-order valence-electron chi connectivity index (χ0n) is 15.7. The Morgan fingerprint density at radius 3 is 2.45 bits per heavy atom. The van der Waals surface area contributed by atoms with Gasteiger partial charge in [0.25, 0.3) is 0 Å². The van der Waals surface area contributed by atoms with Crippen LogP contribution in [0.4, 0.5) is 13.2 Å². The number of nitrogens with zero attached hydrogens (tertiary/aromatic N) is 4. The second-order valence-corrected chi connectivity index (χ2v) is 6.95. The Hall–Kier alpha value is -2.81. The SMILES string of the molecule is CC(C)Oc1ccc(-n2c(-c3ccncc3Cl)nn(CCC(F)(F)F)c2=O)cc1. The molecule has 6 nitrogen and oxygen atoms in total. The van der Waals surface area contributed by atoms with Gasteiger partial charge >= 0.3 is 11.9 Å². The van der Waals surface area contributed by atoms with Crippen molar-refractivity contribution in [2.45, 2.75) is 39.1 Å². The number of aryl methyl sites for hydroxylation is 1. The molecule has 0 saturated heterocycles. The number of hydrogen-bond acceptors (Lipinski definition) is 4. The van der Waals surface area contributed by atoms with Crippen LogP contribution in [0.5, 0.6) is 5.75 Å². The van der Waals surface area contributed by atoms with Crippen LogP contribution in [0.15, 0.2) is 47.5 Å². The van der Waals surface area contributed by atoms with Crippen LogP contribution in [0.2, 0.25) is 5.02 Å². The molecule has 0 aliphatic carbocycles. The molecule has 0 aliphatic rings. The molecule has 0 N–H and O–H groups in total. The molecule has 0 radical (unpaired) electrons. The second-order valence-electron chi connectivity index (χ2n) is 6.55. The molecule has 3 rings (SSSR count). The summed E-state index contributed by atoms with van der Waals surface area (Å²) in [5.74, 6) is 0.729. The monoisotopic (exact) mass is 426 g/mol. The number of halogens is 4. The van der Waals surface area contributed by atoms with E-state index in [4.69, 9.17) is 16.3 Å². The van der Waals surface area contributed by atoms with E-state index in [-0.39, 0.29) is 17.0 Å². The maximum Gasteiger partial charge on any atom is 0.390 e. The molecule has 2 aromatic heterocycles. The molecule has 0 unspecified atom stereocenters. The molecule has 0 bridgehead atoms. The fourth-order valence-electron chi connectivity index (χ4n) is 2.70. The number of rotatable bonds is 6. The minimum absolute atomic E-state index is 0.0279. The number of benzene rings is 1. The van der Waals surface area contributed by atoms with Gasteiger partial charge in [-0.3, -0.25) is 4.98 Å². The summed E-state index contributed by atoms with van der Waals surface area (Å²) in [6.07, 6.45) is -2.77. The predicted octanol–water partition coefficient (Wildman–Crippen LogP) is 4.49. The van der Waals surface area contributed by atoms with Crippen molar-refractivity contribution in [1.29, 1.82) is 0 Å². The van der Waals surface area contributed by atoms with Gasteiger partial charge in [0.2, 0.25) is 0 Å². The van der Waals surface area contributed by atoms with Crippen LogP contribution in [0.1, 0.15) is 20.3 Å². The fourth-order valence-corrected chi connectivity index (χ4v) is 2.90. The third-order valence-corrected chi connectivity index (χ3v) is 4.23. The van der Waals surface area contributed by atoms with Crippen LogP contribution in [-0.4, -0.2) is 31.6 Å². The molecule has 3 aromatic rings. The number of hydrogen-bond donors (Lipinski definition) is 0. The molecule has 0 amide bonds. The molecule has 0 spiro atoms. The molecule has 0 atom stereocenters. The molecule has 0 saturated carbocycles. The molecule has 0 fully saturated rings. The Morgan fingerprint density at radius 1 is 1.17 bits per heavy atom. The van der Waals surface area contributed by atoms with Crippen LogP contribution in [0, 0.1) is 0 Å². The van der Waals surface area contributed by atoms with Crippen molar-refractivity contribution in [2.24, 2.45) is 0 Å². The Labute approximate surface area is 169 Å². The van der Waals surface area contributed by atoms with Crippen molar-refractivity contribution in [3.8, 4) is 22.8 Å². The lowest BCUT2D eigenvalue weighted by Crippen LogP contribution is -2.26. The minimum atomic E-state index is -4.41. The van der Waals surface area contributed by atoms with E-state index >= 15 is 0 Å². The Bertz CT molecular complexity index is 1040. The van der Waals surface area contributed by atoms with Crippen molar-refractivity contribution in [3.63, 3.8) is 0 Å². The van der Waals surface area contributed by atoms with Crippen LogP contribution >= 0.6 is 11.6 Å². The molecule has 0 aliphatic heterocycles. The number of alkyl halides is 3. The average molecular weight is 427 g/mol. The summed E-state index contributed by atoms with van der Waals surface area (Å²) in [4.78, 5) is 16.8. The van der Waals surface area contributed by atoms with Crippen LogP contribution in [0.25, 0.3) is 17.1 Å². The van der Waals surface area contributed by atoms with E-state index in [2.05, 4.69) is 10.1 Å². The van der Waals surface area contributed by atoms with E-state index in [9.17, 15) is 18.0 Å². The van der Waals surface area contributed by atoms with Gasteiger partial charge in [-0.1, -0.05) is 11.6 Å². The number of aromatic nitrogens is 4. The zero-order valence-corrected chi connectivity index (χ0v) is 16.4. The third-order valence-electron chi connectivity index (χ3n) is 3.93. The molecular formula is C19H18ClF3N4O2. The summed E-state index contributed by atoms with van der Waals surface area (Å²) < 4.78 is 45.5. The van der Waals surface area contributed by atoms with Gasteiger partial charge in [0, 0.05) is 18.0 Å². The van der Waals surface area contributed by atoms with Crippen LogP contribution in [-0.2, 0) is 6.54 Å². The fraction of sp³-hybridized carbons (Fsp3) is 0.316. The van der Waals surface area contributed by atoms with E-state index in [1.807, 2.05) is 13.8 Å². The predicted molar refractivity (Wildman–Crippen MR) is 103 cm³/mol. The van der Waals surface area contributed by atoms with Crippen LogP contribution < -0.4 is 10.4 Å². The minimum Gasteiger partial charge on any atom is -0.491 e.